The first kappa shape index (κ1) is 12.6. The highest BCUT2D eigenvalue weighted by molar-refractivity contribution is 9.10. The standard InChI is InChI=1S/C10H8BrF3N4O/c11-8-16-6-7(15-3-4-18(6)17-8)19-5-9(1-2-9)10(12,13)14/h3-4H,1-2,5H2. The van der Waals surface area contributed by atoms with E-state index in [1.807, 2.05) is 0 Å². The molecule has 1 aliphatic carbocycles. The van der Waals surface area contributed by atoms with Crippen LogP contribution in [0.15, 0.2) is 17.1 Å². The second kappa shape index (κ2) is 4.06. The minimum Gasteiger partial charge on any atom is -0.474 e. The van der Waals surface area contributed by atoms with Gasteiger partial charge in [-0.25, -0.2) is 9.50 Å². The number of ether oxygens (including phenoxy) is 1. The SMILES string of the molecule is FC(F)(F)C1(COc2nccn3nc(Br)nc23)CC1. The van der Waals surface area contributed by atoms with Gasteiger partial charge < -0.3 is 4.74 Å². The Kier molecular flexibility index (Phi) is 2.70. The van der Waals surface area contributed by atoms with Gasteiger partial charge in [0.2, 0.25) is 10.4 Å². The Labute approximate surface area is 113 Å². The van der Waals surface area contributed by atoms with Crippen molar-refractivity contribution in [2.24, 2.45) is 5.41 Å². The van der Waals surface area contributed by atoms with Crippen molar-refractivity contribution in [3.05, 3.63) is 17.1 Å². The maximum atomic E-state index is 12.8. The lowest BCUT2D eigenvalue weighted by atomic mass is 10.1. The molecule has 1 saturated carbocycles. The molecule has 1 aliphatic rings. The zero-order chi connectivity index (χ0) is 13.7. The monoisotopic (exact) mass is 336 g/mol. The van der Waals surface area contributed by atoms with Crippen LogP contribution in [0, 0.1) is 5.41 Å². The van der Waals surface area contributed by atoms with Crippen LogP contribution < -0.4 is 4.74 Å². The third-order valence-electron chi connectivity index (χ3n) is 3.14. The van der Waals surface area contributed by atoms with Crippen LogP contribution in [0.5, 0.6) is 5.88 Å². The summed E-state index contributed by atoms with van der Waals surface area (Å²) in [6.45, 7) is -0.437. The van der Waals surface area contributed by atoms with E-state index in [2.05, 4.69) is 31.0 Å². The Hall–Kier alpha value is -1.38. The number of hydrogen-bond donors (Lipinski definition) is 0. The van der Waals surface area contributed by atoms with Crippen LogP contribution in [-0.4, -0.2) is 32.4 Å². The summed E-state index contributed by atoms with van der Waals surface area (Å²) >= 11 is 3.09. The van der Waals surface area contributed by atoms with Gasteiger partial charge >= 0.3 is 6.18 Å². The first-order chi connectivity index (χ1) is 8.91. The second-order valence-electron chi connectivity index (χ2n) is 4.45. The van der Waals surface area contributed by atoms with Crippen LogP contribution in [0.2, 0.25) is 0 Å². The van der Waals surface area contributed by atoms with Crippen LogP contribution in [0.3, 0.4) is 0 Å². The predicted molar refractivity (Wildman–Crippen MR) is 61.7 cm³/mol. The van der Waals surface area contributed by atoms with Crippen molar-refractivity contribution in [3.8, 4) is 5.88 Å². The molecule has 3 rings (SSSR count). The number of fused-ring (bicyclic) bond motifs is 1. The molecule has 9 heteroatoms. The summed E-state index contributed by atoms with van der Waals surface area (Å²) in [6, 6.07) is 0. The maximum Gasteiger partial charge on any atom is 0.397 e. The smallest absolute Gasteiger partial charge is 0.397 e. The Morgan fingerprint density at radius 3 is 2.79 bits per heavy atom. The quantitative estimate of drug-likeness (QED) is 0.864. The highest BCUT2D eigenvalue weighted by atomic mass is 79.9. The van der Waals surface area contributed by atoms with Crippen LogP contribution in [0.25, 0.3) is 5.65 Å². The molecular weight excluding hydrogens is 329 g/mol. The molecule has 2 aromatic heterocycles. The van der Waals surface area contributed by atoms with Crippen molar-refractivity contribution in [2.45, 2.75) is 19.0 Å². The van der Waals surface area contributed by atoms with Crippen molar-refractivity contribution in [2.75, 3.05) is 6.61 Å². The normalized spacial score (nSPS) is 17.7. The van der Waals surface area contributed by atoms with Crippen LogP contribution in [0.4, 0.5) is 13.2 Å². The summed E-state index contributed by atoms with van der Waals surface area (Å²) in [5, 5.41) is 3.96. The van der Waals surface area contributed by atoms with E-state index in [9.17, 15) is 13.2 Å². The molecule has 0 aromatic carbocycles. The fourth-order valence-electron chi connectivity index (χ4n) is 1.74. The fraction of sp³-hybridized carbons (Fsp3) is 0.500. The zero-order valence-electron chi connectivity index (χ0n) is 9.48. The van der Waals surface area contributed by atoms with Crippen molar-refractivity contribution in [1.82, 2.24) is 19.6 Å². The summed E-state index contributed by atoms with van der Waals surface area (Å²) in [5.74, 6) is 0.0521. The number of hydrogen-bond acceptors (Lipinski definition) is 4. The molecule has 5 nitrogen and oxygen atoms in total. The number of aromatic nitrogens is 4. The van der Waals surface area contributed by atoms with E-state index in [0.717, 1.165) is 0 Å². The van der Waals surface area contributed by atoms with E-state index >= 15 is 0 Å². The Morgan fingerprint density at radius 1 is 1.42 bits per heavy atom. The van der Waals surface area contributed by atoms with Gasteiger partial charge in [-0.2, -0.15) is 18.2 Å². The molecule has 2 heterocycles. The molecule has 0 aliphatic heterocycles. The Morgan fingerprint density at radius 2 is 2.16 bits per heavy atom. The fourth-order valence-corrected chi connectivity index (χ4v) is 2.08. The van der Waals surface area contributed by atoms with Gasteiger partial charge in [0.1, 0.15) is 12.0 Å². The Bertz CT molecular complexity index is 623. The molecule has 102 valence electrons. The van der Waals surface area contributed by atoms with Crippen molar-refractivity contribution >= 4 is 21.6 Å². The van der Waals surface area contributed by atoms with Gasteiger partial charge in [0, 0.05) is 12.4 Å². The summed E-state index contributed by atoms with van der Waals surface area (Å²) in [7, 11) is 0. The van der Waals surface area contributed by atoms with E-state index in [4.69, 9.17) is 4.74 Å². The molecular formula is C10H8BrF3N4O. The van der Waals surface area contributed by atoms with E-state index < -0.39 is 18.2 Å². The third kappa shape index (κ3) is 2.15. The first-order valence-corrected chi connectivity index (χ1v) is 6.27. The molecule has 2 aromatic rings. The number of nitrogens with zero attached hydrogens (tertiary/aromatic N) is 4. The second-order valence-corrected chi connectivity index (χ2v) is 5.16. The van der Waals surface area contributed by atoms with Gasteiger partial charge in [-0.3, -0.25) is 0 Å². The molecule has 0 saturated heterocycles. The van der Waals surface area contributed by atoms with E-state index in [1.165, 1.54) is 16.9 Å². The summed E-state index contributed by atoms with van der Waals surface area (Å²) in [4.78, 5) is 7.90. The molecule has 0 N–H and O–H groups in total. The van der Waals surface area contributed by atoms with Crippen LogP contribution in [0.1, 0.15) is 12.8 Å². The lowest BCUT2D eigenvalue weighted by Gasteiger charge is -2.18. The molecule has 0 bridgehead atoms. The molecule has 0 unspecified atom stereocenters. The maximum absolute atomic E-state index is 12.8. The lowest BCUT2D eigenvalue weighted by Crippen LogP contribution is -2.30. The van der Waals surface area contributed by atoms with Gasteiger partial charge in [-0.05, 0) is 28.8 Å². The van der Waals surface area contributed by atoms with Gasteiger partial charge in [-0.15, -0.1) is 5.10 Å². The van der Waals surface area contributed by atoms with Crippen molar-refractivity contribution in [3.63, 3.8) is 0 Å². The molecule has 19 heavy (non-hydrogen) atoms. The van der Waals surface area contributed by atoms with Crippen LogP contribution >= 0.6 is 15.9 Å². The minimum atomic E-state index is -4.24. The minimum absolute atomic E-state index is 0.0521. The number of alkyl halides is 3. The molecule has 0 radical (unpaired) electrons. The van der Waals surface area contributed by atoms with Crippen molar-refractivity contribution < 1.29 is 17.9 Å². The molecule has 0 atom stereocenters. The number of halogens is 4. The average molecular weight is 337 g/mol. The lowest BCUT2D eigenvalue weighted by molar-refractivity contribution is -0.194. The largest absolute Gasteiger partial charge is 0.474 e. The van der Waals surface area contributed by atoms with Gasteiger partial charge in [0.05, 0.1) is 0 Å². The van der Waals surface area contributed by atoms with Gasteiger partial charge in [0.25, 0.3) is 5.88 Å². The number of rotatable bonds is 3. The van der Waals surface area contributed by atoms with Gasteiger partial charge in [-0.1, -0.05) is 0 Å². The summed E-state index contributed by atoms with van der Waals surface area (Å²) in [6.07, 6.45) is -1.12. The highest BCUT2D eigenvalue weighted by Gasteiger charge is 2.64. The first-order valence-electron chi connectivity index (χ1n) is 5.48. The molecule has 1 fully saturated rings. The zero-order valence-corrected chi connectivity index (χ0v) is 11.1. The van der Waals surface area contributed by atoms with E-state index in [0.29, 0.717) is 4.73 Å². The summed E-state index contributed by atoms with van der Waals surface area (Å²) < 4.78 is 45.2. The highest BCUT2D eigenvalue weighted by Crippen LogP contribution is 2.57. The van der Waals surface area contributed by atoms with Crippen LogP contribution in [-0.2, 0) is 0 Å². The predicted octanol–water partition coefficient (Wildman–Crippen LogP) is 2.61. The molecule has 0 amide bonds. The van der Waals surface area contributed by atoms with Crippen molar-refractivity contribution in [1.29, 1.82) is 0 Å². The van der Waals surface area contributed by atoms with E-state index in [-0.39, 0.29) is 24.4 Å². The third-order valence-corrected chi connectivity index (χ3v) is 3.47. The summed E-state index contributed by atoms with van der Waals surface area (Å²) in [5.41, 5.74) is -1.44. The Balaban J connectivity index is 1.83. The topological polar surface area (TPSA) is 52.3 Å². The molecule has 0 spiro atoms. The van der Waals surface area contributed by atoms with E-state index in [1.54, 1.807) is 0 Å². The average Bonchev–Trinajstić information content (AvgIpc) is 3.02. The van der Waals surface area contributed by atoms with Gasteiger partial charge in [0.15, 0.2) is 0 Å².